The van der Waals surface area contributed by atoms with Gasteiger partial charge in [0.25, 0.3) is 0 Å². The maximum Gasteiger partial charge on any atom is 0.303 e. The Kier molecular flexibility index (Phi) is 3.68. The monoisotopic (exact) mass is 290 g/mol. The zero-order chi connectivity index (χ0) is 14.8. The van der Waals surface area contributed by atoms with E-state index < -0.39 is 5.97 Å². The number of benzene rings is 1. The zero-order valence-electron chi connectivity index (χ0n) is 12.0. The highest BCUT2D eigenvalue weighted by molar-refractivity contribution is 5.81. The van der Waals surface area contributed by atoms with Crippen LogP contribution in [0.2, 0.25) is 0 Å². The average molecular weight is 290 g/mol. The number of hydrogen-bond donors (Lipinski definition) is 1. The van der Waals surface area contributed by atoms with Gasteiger partial charge in [-0.05, 0) is 12.8 Å². The van der Waals surface area contributed by atoms with Gasteiger partial charge in [0.05, 0.1) is 11.0 Å². The molecule has 2 aromatic rings. The summed E-state index contributed by atoms with van der Waals surface area (Å²) in [5, 5.41) is 8.70. The molecular weight excluding hydrogens is 272 g/mol. The molecule has 0 unspecified atom stereocenters. The third-order valence-corrected chi connectivity index (χ3v) is 3.66. The molecule has 0 saturated carbocycles. The van der Waals surface area contributed by atoms with Crippen LogP contribution in [-0.2, 0) is 17.8 Å². The Morgan fingerprint density at radius 3 is 2.81 bits per heavy atom. The fourth-order valence-corrected chi connectivity index (χ4v) is 2.63. The van der Waals surface area contributed by atoms with Crippen molar-refractivity contribution >= 4 is 17.0 Å². The lowest BCUT2D eigenvalue weighted by Gasteiger charge is -2.07. The summed E-state index contributed by atoms with van der Waals surface area (Å²) < 4.78 is 12.9. The number of hydrogen-bond acceptors (Lipinski definition) is 4. The maximum absolute atomic E-state index is 10.6. The SMILES string of the molecule is CCc1nc2cc3c(cc2n1CCCCC(=O)O)OCO3. The van der Waals surface area contributed by atoms with Gasteiger partial charge in [-0.1, -0.05) is 6.92 Å². The van der Waals surface area contributed by atoms with Crippen LogP contribution in [-0.4, -0.2) is 27.4 Å². The van der Waals surface area contributed by atoms with Gasteiger partial charge < -0.3 is 19.1 Å². The normalized spacial score (nSPS) is 13.0. The Morgan fingerprint density at radius 1 is 1.33 bits per heavy atom. The van der Waals surface area contributed by atoms with E-state index in [0.717, 1.165) is 47.7 Å². The van der Waals surface area contributed by atoms with Gasteiger partial charge in [0, 0.05) is 31.5 Å². The molecule has 6 heteroatoms. The second-order valence-electron chi connectivity index (χ2n) is 5.08. The zero-order valence-corrected chi connectivity index (χ0v) is 12.0. The van der Waals surface area contributed by atoms with Crippen LogP contribution in [0.3, 0.4) is 0 Å². The molecule has 0 bridgehead atoms. The highest BCUT2D eigenvalue weighted by atomic mass is 16.7. The Balaban J connectivity index is 1.86. The molecule has 1 aromatic heterocycles. The van der Waals surface area contributed by atoms with Crippen LogP contribution in [0.15, 0.2) is 12.1 Å². The third-order valence-electron chi connectivity index (χ3n) is 3.66. The minimum Gasteiger partial charge on any atom is -0.481 e. The summed E-state index contributed by atoms with van der Waals surface area (Å²) in [4.78, 5) is 15.2. The van der Waals surface area contributed by atoms with Gasteiger partial charge in [-0.15, -0.1) is 0 Å². The van der Waals surface area contributed by atoms with Crippen LogP contribution >= 0.6 is 0 Å². The van der Waals surface area contributed by atoms with Gasteiger partial charge in [-0.3, -0.25) is 4.79 Å². The summed E-state index contributed by atoms with van der Waals surface area (Å²) in [6, 6.07) is 3.87. The number of ether oxygens (including phenoxy) is 2. The number of fused-ring (bicyclic) bond motifs is 2. The van der Waals surface area contributed by atoms with Gasteiger partial charge in [0.15, 0.2) is 11.5 Å². The number of nitrogens with zero attached hydrogens (tertiary/aromatic N) is 2. The Bertz CT molecular complexity index is 678. The Hall–Kier alpha value is -2.24. The van der Waals surface area contributed by atoms with Crippen molar-refractivity contribution in [1.82, 2.24) is 9.55 Å². The van der Waals surface area contributed by atoms with Gasteiger partial charge >= 0.3 is 5.97 Å². The lowest BCUT2D eigenvalue weighted by atomic mass is 10.2. The first-order chi connectivity index (χ1) is 10.2. The van der Waals surface area contributed by atoms with Crippen molar-refractivity contribution in [2.24, 2.45) is 0 Å². The molecule has 1 aromatic carbocycles. The molecule has 1 aliphatic heterocycles. The van der Waals surface area contributed by atoms with Crippen LogP contribution in [0.4, 0.5) is 0 Å². The number of imidazole rings is 1. The predicted molar refractivity (Wildman–Crippen MR) is 76.7 cm³/mol. The molecule has 3 rings (SSSR count). The first-order valence-corrected chi connectivity index (χ1v) is 7.19. The highest BCUT2D eigenvalue weighted by Crippen LogP contribution is 2.36. The van der Waals surface area contributed by atoms with Crippen LogP contribution in [0, 0.1) is 0 Å². The van der Waals surface area contributed by atoms with Crippen molar-refractivity contribution in [1.29, 1.82) is 0 Å². The Morgan fingerprint density at radius 2 is 2.10 bits per heavy atom. The number of carboxylic acids is 1. The van der Waals surface area contributed by atoms with E-state index >= 15 is 0 Å². The molecule has 0 amide bonds. The van der Waals surface area contributed by atoms with Gasteiger partial charge in [-0.25, -0.2) is 4.98 Å². The van der Waals surface area contributed by atoms with E-state index in [1.54, 1.807) is 0 Å². The molecule has 0 atom stereocenters. The van der Waals surface area contributed by atoms with Crippen molar-refractivity contribution < 1.29 is 19.4 Å². The number of unbranched alkanes of at least 4 members (excludes halogenated alkanes) is 1. The average Bonchev–Trinajstić information content (AvgIpc) is 3.04. The predicted octanol–water partition coefficient (Wildman–Crippen LogP) is 2.58. The molecule has 0 radical (unpaired) electrons. The lowest BCUT2D eigenvalue weighted by Crippen LogP contribution is -2.04. The quantitative estimate of drug-likeness (QED) is 0.828. The van der Waals surface area contributed by atoms with Crippen molar-refractivity contribution in [3.63, 3.8) is 0 Å². The molecule has 1 N–H and O–H groups in total. The van der Waals surface area contributed by atoms with Gasteiger partial charge in [0.1, 0.15) is 5.82 Å². The second kappa shape index (κ2) is 5.63. The molecule has 6 nitrogen and oxygen atoms in total. The number of aromatic nitrogens is 2. The van der Waals surface area contributed by atoms with Crippen LogP contribution in [0.25, 0.3) is 11.0 Å². The summed E-state index contributed by atoms with van der Waals surface area (Å²) in [6.07, 6.45) is 2.53. The molecule has 0 fully saturated rings. The van der Waals surface area contributed by atoms with E-state index in [1.165, 1.54) is 0 Å². The van der Waals surface area contributed by atoms with E-state index in [9.17, 15) is 4.79 Å². The summed E-state index contributed by atoms with van der Waals surface area (Å²) in [7, 11) is 0. The first kappa shape index (κ1) is 13.7. The molecule has 0 saturated heterocycles. The summed E-state index contributed by atoms with van der Waals surface area (Å²) >= 11 is 0. The molecule has 21 heavy (non-hydrogen) atoms. The summed E-state index contributed by atoms with van der Waals surface area (Å²) in [6.45, 7) is 3.09. The minimum absolute atomic E-state index is 0.209. The van der Waals surface area contributed by atoms with Crippen LogP contribution in [0.5, 0.6) is 11.5 Å². The van der Waals surface area contributed by atoms with Crippen LogP contribution in [0.1, 0.15) is 32.0 Å². The number of aryl methyl sites for hydroxylation is 2. The molecular formula is C15H18N2O4. The van der Waals surface area contributed by atoms with Gasteiger partial charge in [0.2, 0.25) is 6.79 Å². The van der Waals surface area contributed by atoms with E-state index in [0.29, 0.717) is 6.42 Å². The first-order valence-electron chi connectivity index (χ1n) is 7.19. The maximum atomic E-state index is 10.6. The van der Waals surface area contributed by atoms with Crippen molar-refractivity contribution in [2.75, 3.05) is 6.79 Å². The van der Waals surface area contributed by atoms with E-state index in [4.69, 9.17) is 14.6 Å². The molecule has 0 aliphatic carbocycles. The number of rotatable bonds is 6. The standard InChI is InChI=1S/C15H18N2O4/c1-2-14-16-10-7-12-13(21-9-20-12)8-11(10)17(14)6-4-3-5-15(18)19/h7-8H,2-6,9H2,1H3,(H,18,19). The van der Waals surface area contributed by atoms with Crippen molar-refractivity contribution in [3.05, 3.63) is 18.0 Å². The Labute approximate surface area is 122 Å². The second-order valence-corrected chi connectivity index (χ2v) is 5.08. The van der Waals surface area contributed by atoms with E-state index in [2.05, 4.69) is 16.5 Å². The fourth-order valence-electron chi connectivity index (χ4n) is 2.63. The molecule has 1 aliphatic rings. The van der Waals surface area contributed by atoms with Gasteiger partial charge in [-0.2, -0.15) is 0 Å². The van der Waals surface area contributed by atoms with Crippen LogP contribution < -0.4 is 9.47 Å². The lowest BCUT2D eigenvalue weighted by molar-refractivity contribution is -0.137. The third kappa shape index (κ3) is 2.66. The molecule has 2 heterocycles. The number of carbonyl (C=O) groups is 1. The topological polar surface area (TPSA) is 73.6 Å². The largest absolute Gasteiger partial charge is 0.481 e. The molecule has 112 valence electrons. The van der Waals surface area contributed by atoms with E-state index in [1.807, 2.05) is 12.1 Å². The van der Waals surface area contributed by atoms with Crippen molar-refractivity contribution in [2.45, 2.75) is 39.2 Å². The highest BCUT2D eigenvalue weighted by Gasteiger charge is 2.18. The smallest absolute Gasteiger partial charge is 0.303 e. The summed E-state index contributed by atoms with van der Waals surface area (Å²) in [5.74, 6) is 1.74. The number of aliphatic carboxylic acids is 1. The summed E-state index contributed by atoms with van der Waals surface area (Å²) in [5.41, 5.74) is 1.92. The minimum atomic E-state index is -0.746. The van der Waals surface area contributed by atoms with E-state index in [-0.39, 0.29) is 13.2 Å². The van der Waals surface area contributed by atoms with Crippen molar-refractivity contribution in [3.8, 4) is 11.5 Å². The molecule has 0 spiro atoms. The fraction of sp³-hybridized carbons (Fsp3) is 0.467. The number of carboxylic acid groups (broad SMARTS) is 1.